The molecule has 1 N–H and O–H groups in total. The van der Waals surface area contributed by atoms with E-state index in [-0.39, 0.29) is 11.4 Å². The van der Waals surface area contributed by atoms with Crippen molar-refractivity contribution in [2.24, 2.45) is 0 Å². The number of aryl methyl sites for hydroxylation is 2. The Morgan fingerprint density at radius 2 is 1.76 bits per heavy atom. The summed E-state index contributed by atoms with van der Waals surface area (Å²) in [5, 5.41) is 3.86. The van der Waals surface area contributed by atoms with Gasteiger partial charge >= 0.3 is 0 Å². The highest BCUT2D eigenvalue weighted by atomic mass is 32.2. The van der Waals surface area contributed by atoms with Crippen LogP contribution < -0.4 is 4.72 Å². The number of rotatable bonds is 6. The van der Waals surface area contributed by atoms with Crippen LogP contribution in [0.3, 0.4) is 0 Å². The van der Waals surface area contributed by atoms with Crippen LogP contribution >= 0.6 is 0 Å². The molecule has 3 aromatic rings. The first-order valence-corrected chi connectivity index (χ1v) is 9.24. The van der Waals surface area contributed by atoms with Crippen LogP contribution in [-0.2, 0) is 16.4 Å². The molecule has 0 saturated heterocycles. The molecule has 7 nitrogen and oxygen atoms in total. The van der Waals surface area contributed by atoms with E-state index in [1.54, 1.807) is 6.92 Å². The van der Waals surface area contributed by atoms with Crippen LogP contribution in [0.1, 0.15) is 17.0 Å². The maximum Gasteiger partial charge on any atom is 0.243 e. The lowest BCUT2D eigenvalue weighted by Gasteiger charge is -2.07. The molecule has 0 aliphatic heterocycles. The van der Waals surface area contributed by atoms with Gasteiger partial charge in [-0.3, -0.25) is 0 Å². The van der Waals surface area contributed by atoms with Gasteiger partial charge < -0.3 is 4.52 Å². The Labute approximate surface area is 146 Å². The third-order valence-corrected chi connectivity index (χ3v) is 5.23. The fourth-order valence-corrected chi connectivity index (χ4v) is 3.36. The van der Waals surface area contributed by atoms with Gasteiger partial charge in [0.25, 0.3) is 0 Å². The molecule has 0 bridgehead atoms. The Bertz CT molecular complexity index is 932. The van der Waals surface area contributed by atoms with E-state index in [1.165, 1.54) is 12.4 Å². The second kappa shape index (κ2) is 7.12. The van der Waals surface area contributed by atoms with Crippen molar-refractivity contribution >= 4 is 10.0 Å². The zero-order valence-electron chi connectivity index (χ0n) is 13.9. The second-order valence-electron chi connectivity index (χ2n) is 5.56. The number of nitrogens with one attached hydrogen (secondary N) is 1. The number of aromatic nitrogens is 3. The molecular weight excluding hydrogens is 340 g/mol. The van der Waals surface area contributed by atoms with E-state index in [0.717, 1.165) is 16.8 Å². The summed E-state index contributed by atoms with van der Waals surface area (Å²) in [5.41, 5.74) is 2.52. The Kier molecular flexibility index (Phi) is 4.91. The maximum absolute atomic E-state index is 12.3. The molecule has 0 amide bonds. The molecule has 0 saturated carbocycles. The third kappa shape index (κ3) is 3.92. The molecule has 2 aromatic heterocycles. The van der Waals surface area contributed by atoms with Crippen molar-refractivity contribution in [3.63, 3.8) is 0 Å². The number of sulfonamides is 1. The Morgan fingerprint density at radius 3 is 2.36 bits per heavy atom. The lowest BCUT2D eigenvalue weighted by Crippen LogP contribution is -2.26. The molecule has 0 spiro atoms. The van der Waals surface area contributed by atoms with Gasteiger partial charge in [0.05, 0.1) is 18.1 Å². The zero-order valence-corrected chi connectivity index (χ0v) is 14.7. The summed E-state index contributed by atoms with van der Waals surface area (Å²) in [6.45, 7) is 3.88. The van der Waals surface area contributed by atoms with Gasteiger partial charge in [0.1, 0.15) is 10.7 Å². The zero-order chi connectivity index (χ0) is 17.9. The lowest BCUT2D eigenvalue weighted by molar-refractivity contribution is 0.392. The molecule has 0 aliphatic rings. The predicted molar refractivity (Wildman–Crippen MR) is 92.3 cm³/mol. The van der Waals surface area contributed by atoms with Crippen LogP contribution in [-0.4, -0.2) is 30.1 Å². The highest BCUT2D eigenvalue weighted by Crippen LogP contribution is 2.16. The average molecular weight is 358 g/mol. The van der Waals surface area contributed by atoms with Gasteiger partial charge in [-0.05, 0) is 20.3 Å². The van der Waals surface area contributed by atoms with Crippen LogP contribution in [0.4, 0.5) is 0 Å². The van der Waals surface area contributed by atoms with Crippen molar-refractivity contribution in [3.8, 4) is 11.4 Å². The SMILES string of the molecule is Cc1noc(C)c1CCNS(=O)(=O)c1cnc(-c2ccccc2)nc1. The molecule has 130 valence electrons. The predicted octanol–water partition coefficient (Wildman–Crippen LogP) is 2.27. The first-order chi connectivity index (χ1) is 12.0. The molecule has 8 heteroatoms. The second-order valence-corrected chi connectivity index (χ2v) is 7.33. The molecular formula is C17H18N4O3S. The summed E-state index contributed by atoms with van der Waals surface area (Å²) in [6, 6.07) is 9.38. The number of nitrogens with zero attached hydrogens (tertiary/aromatic N) is 3. The van der Waals surface area contributed by atoms with Crippen molar-refractivity contribution in [1.82, 2.24) is 19.8 Å². The minimum atomic E-state index is -3.66. The van der Waals surface area contributed by atoms with Crippen LogP contribution in [0.5, 0.6) is 0 Å². The van der Waals surface area contributed by atoms with Crippen LogP contribution in [0, 0.1) is 13.8 Å². The van der Waals surface area contributed by atoms with Crippen molar-refractivity contribution < 1.29 is 12.9 Å². The normalized spacial score (nSPS) is 11.6. The molecule has 0 unspecified atom stereocenters. The number of benzene rings is 1. The number of hydrogen-bond donors (Lipinski definition) is 1. The van der Waals surface area contributed by atoms with Gasteiger partial charge in [-0.1, -0.05) is 35.5 Å². The van der Waals surface area contributed by atoms with Crippen molar-refractivity contribution in [2.45, 2.75) is 25.2 Å². The quantitative estimate of drug-likeness (QED) is 0.726. The van der Waals surface area contributed by atoms with E-state index in [1.807, 2.05) is 37.3 Å². The van der Waals surface area contributed by atoms with Gasteiger partial charge in [-0.25, -0.2) is 23.1 Å². The van der Waals surface area contributed by atoms with E-state index in [9.17, 15) is 8.42 Å². The highest BCUT2D eigenvalue weighted by Gasteiger charge is 2.16. The van der Waals surface area contributed by atoms with Gasteiger partial charge in [-0.15, -0.1) is 0 Å². The lowest BCUT2D eigenvalue weighted by atomic mass is 10.1. The maximum atomic E-state index is 12.3. The Morgan fingerprint density at radius 1 is 1.08 bits per heavy atom. The minimum Gasteiger partial charge on any atom is -0.361 e. The third-order valence-electron chi connectivity index (χ3n) is 3.82. The van der Waals surface area contributed by atoms with Crippen LogP contribution in [0.25, 0.3) is 11.4 Å². The summed E-state index contributed by atoms with van der Waals surface area (Å²) in [6.07, 6.45) is 3.13. The Balaban J connectivity index is 1.68. The molecule has 0 radical (unpaired) electrons. The topological polar surface area (TPSA) is 98.0 Å². The molecule has 2 heterocycles. The van der Waals surface area contributed by atoms with Crippen molar-refractivity contribution in [3.05, 3.63) is 59.7 Å². The molecule has 0 aliphatic carbocycles. The fraction of sp³-hybridized carbons (Fsp3) is 0.235. The largest absolute Gasteiger partial charge is 0.361 e. The number of hydrogen-bond acceptors (Lipinski definition) is 6. The molecule has 0 atom stereocenters. The van der Waals surface area contributed by atoms with E-state index in [2.05, 4.69) is 19.8 Å². The van der Waals surface area contributed by atoms with Crippen LogP contribution in [0.15, 0.2) is 52.1 Å². The van der Waals surface area contributed by atoms with Gasteiger partial charge in [0.2, 0.25) is 10.0 Å². The van der Waals surface area contributed by atoms with E-state index >= 15 is 0 Å². The van der Waals surface area contributed by atoms with Gasteiger partial charge in [-0.2, -0.15) is 0 Å². The van der Waals surface area contributed by atoms with E-state index in [4.69, 9.17) is 4.52 Å². The van der Waals surface area contributed by atoms with E-state index < -0.39 is 10.0 Å². The first-order valence-electron chi connectivity index (χ1n) is 7.76. The molecule has 1 aromatic carbocycles. The first kappa shape index (κ1) is 17.2. The summed E-state index contributed by atoms with van der Waals surface area (Å²) in [7, 11) is -3.66. The molecule has 25 heavy (non-hydrogen) atoms. The van der Waals surface area contributed by atoms with Gasteiger partial charge in [0, 0.05) is 17.7 Å². The Hall–Kier alpha value is -2.58. The average Bonchev–Trinajstić information content (AvgIpc) is 2.94. The highest BCUT2D eigenvalue weighted by molar-refractivity contribution is 7.89. The summed E-state index contributed by atoms with van der Waals surface area (Å²) in [4.78, 5) is 8.33. The van der Waals surface area contributed by atoms with Gasteiger partial charge in [0.15, 0.2) is 5.82 Å². The summed E-state index contributed by atoms with van der Waals surface area (Å²) >= 11 is 0. The molecule has 3 rings (SSSR count). The van der Waals surface area contributed by atoms with Crippen molar-refractivity contribution in [1.29, 1.82) is 0 Å². The van der Waals surface area contributed by atoms with E-state index in [0.29, 0.717) is 18.0 Å². The summed E-state index contributed by atoms with van der Waals surface area (Å²) in [5.74, 6) is 1.18. The van der Waals surface area contributed by atoms with Crippen LogP contribution in [0.2, 0.25) is 0 Å². The minimum absolute atomic E-state index is 0.0333. The molecule has 0 fully saturated rings. The van der Waals surface area contributed by atoms with Crippen molar-refractivity contribution in [2.75, 3.05) is 6.54 Å². The standard InChI is InChI=1S/C17H18N4O3S/c1-12-16(13(2)24-21-12)8-9-20-25(22,23)15-10-18-17(19-11-15)14-6-4-3-5-7-14/h3-7,10-11,20H,8-9H2,1-2H3. The smallest absolute Gasteiger partial charge is 0.243 e. The summed E-state index contributed by atoms with van der Waals surface area (Å²) < 4.78 is 32.3. The monoisotopic (exact) mass is 358 g/mol. The fourth-order valence-electron chi connectivity index (χ4n) is 2.44.